The molecule has 2 heterocycles. The fourth-order valence-electron chi connectivity index (χ4n) is 3.79. The lowest BCUT2D eigenvalue weighted by molar-refractivity contribution is -0.127. The predicted octanol–water partition coefficient (Wildman–Crippen LogP) is 3.80. The van der Waals surface area contributed by atoms with Gasteiger partial charge in [-0.3, -0.25) is 9.59 Å². The third-order valence-corrected chi connectivity index (χ3v) is 5.57. The molecule has 1 aliphatic rings. The number of carbonyl (C=O) groups is 2. The van der Waals surface area contributed by atoms with E-state index in [2.05, 4.69) is 10.2 Å². The highest BCUT2D eigenvalue weighted by molar-refractivity contribution is 6.05. The van der Waals surface area contributed by atoms with E-state index in [1.807, 2.05) is 30.3 Å². The van der Waals surface area contributed by atoms with Gasteiger partial charge in [-0.25, -0.2) is 0 Å². The molecule has 0 spiro atoms. The molecular weight excluding hydrogens is 418 g/mol. The van der Waals surface area contributed by atoms with Crippen LogP contribution in [0, 0.1) is 0 Å². The number of rotatable bonds is 6. The molecule has 7 nitrogen and oxygen atoms in total. The Labute approximate surface area is 193 Å². The summed E-state index contributed by atoms with van der Waals surface area (Å²) >= 11 is 0. The van der Waals surface area contributed by atoms with Crippen molar-refractivity contribution in [2.24, 2.45) is 0 Å². The van der Waals surface area contributed by atoms with Gasteiger partial charge in [-0.1, -0.05) is 18.2 Å². The van der Waals surface area contributed by atoms with Crippen molar-refractivity contribution in [2.75, 3.05) is 38.2 Å². The summed E-state index contributed by atoms with van der Waals surface area (Å²) in [5.41, 5.74) is 1.77. The van der Waals surface area contributed by atoms with Crippen LogP contribution in [0.1, 0.15) is 22.5 Å². The number of methoxy groups -OCH3 is 1. The Bertz CT molecular complexity index is 1090. The smallest absolute Gasteiger partial charge is 0.270 e. The third kappa shape index (κ3) is 5.63. The summed E-state index contributed by atoms with van der Waals surface area (Å²) in [4.78, 5) is 30.2. The van der Waals surface area contributed by atoms with E-state index >= 15 is 0 Å². The fraction of sp³-hybridized carbons (Fsp3) is 0.231. The largest absolute Gasteiger partial charge is 0.497 e. The second-order valence-electron chi connectivity index (χ2n) is 7.72. The number of anilines is 1. The van der Waals surface area contributed by atoms with Gasteiger partial charge in [-0.2, -0.15) is 0 Å². The van der Waals surface area contributed by atoms with Crippen LogP contribution in [0.4, 0.5) is 5.69 Å². The zero-order valence-electron chi connectivity index (χ0n) is 18.6. The van der Waals surface area contributed by atoms with Crippen LogP contribution >= 0.6 is 0 Å². The van der Waals surface area contributed by atoms with Crippen molar-refractivity contribution in [1.29, 1.82) is 0 Å². The minimum atomic E-state index is -0.337. The summed E-state index contributed by atoms with van der Waals surface area (Å²) in [5.74, 6) is 0.748. The Balaban J connectivity index is 1.49. The van der Waals surface area contributed by atoms with Gasteiger partial charge >= 0.3 is 0 Å². The number of hydrogen-bond acceptors (Lipinski definition) is 5. The van der Waals surface area contributed by atoms with Crippen LogP contribution in [0.3, 0.4) is 0 Å². The lowest BCUT2D eigenvalue weighted by Crippen LogP contribution is -2.40. The second-order valence-corrected chi connectivity index (χ2v) is 7.72. The number of hydrogen-bond donors (Lipinski definition) is 1. The highest BCUT2D eigenvalue weighted by Gasteiger charge is 2.24. The van der Waals surface area contributed by atoms with E-state index in [0.717, 1.165) is 24.4 Å². The molecule has 170 valence electrons. The molecule has 3 aromatic rings. The Morgan fingerprint density at radius 1 is 0.939 bits per heavy atom. The molecule has 1 N–H and O–H groups in total. The molecule has 1 aromatic heterocycles. The monoisotopic (exact) mass is 445 g/mol. The SMILES string of the molecule is COc1ccc(N2CCCN(C(=O)C(=Cc3ccco3)NC(=O)c3ccccc3)CC2)cc1. The van der Waals surface area contributed by atoms with Crippen LogP contribution in [0.15, 0.2) is 83.1 Å². The Morgan fingerprint density at radius 2 is 1.73 bits per heavy atom. The highest BCUT2D eigenvalue weighted by Crippen LogP contribution is 2.21. The first-order valence-electron chi connectivity index (χ1n) is 10.9. The van der Waals surface area contributed by atoms with E-state index in [-0.39, 0.29) is 17.5 Å². The second kappa shape index (κ2) is 10.5. The van der Waals surface area contributed by atoms with Crippen molar-refractivity contribution >= 4 is 23.6 Å². The van der Waals surface area contributed by atoms with E-state index in [9.17, 15) is 9.59 Å². The van der Waals surface area contributed by atoms with Gasteiger partial charge in [0.1, 0.15) is 17.2 Å². The summed E-state index contributed by atoms with van der Waals surface area (Å²) < 4.78 is 10.6. The van der Waals surface area contributed by atoms with E-state index < -0.39 is 0 Å². The molecular formula is C26H27N3O4. The Hall–Kier alpha value is -4.00. The maximum absolute atomic E-state index is 13.4. The quantitative estimate of drug-likeness (QED) is 0.584. The van der Waals surface area contributed by atoms with Gasteiger partial charge in [0.25, 0.3) is 11.8 Å². The van der Waals surface area contributed by atoms with Gasteiger partial charge in [-0.15, -0.1) is 0 Å². The standard InChI is InChI=1S/C26H27N3O4/c1-32-22-12-10-21(11-13-22)28-14-6-15-29(17-16-28)26(31)24(19-23-9-5-18-33-23)27-25(30)20-7-3-2-4-8-20/h2-5,7-13,18-19H,6,14-17H2,1H3,(H,27,30). The highest BCUT2D eigenvalue weighted by atomic mass is 16.5. The van der Waals surface area contributed by atoms with Crippen molar-refractivity contribution in [3.63, 3.8) is 0 Å². The summed E-state index contributed by atoms with van der Waals surface area (Å²) in [7, 11) is 1.65. The van der Waals surface area contributed by atoms with Crippen molar-refractivity contribution in [3.05, 3.63) is 90.0 Å². The molecule has 0 atom stereocenters. The molecule has 1 aliphatic heterocycles. The molecule has 0 radical (unpaired) electrons. The minimum absolute atomic E-state index is 0.191. The summed E-state index contributed by atoms with van der Waals surface area (Å²) in [6, 6.07) is 20.3. The van der Waals surface area contributed by atoms with Crippen molar-refractivity contribution in [2.45, 2.75) is 6.42 Å². The van der Waals surface area contributed by atoms with E-state index in [1.165, 1.54) is 6.26 Å². The van der Waals surface area contributed by atoms with Crippen LogP contribution in [-0.2, 0) is 4.79 Å². The first-order chi connectivity index (χ1) is 16.1. The zero-order chi connectivity index (χ0) is 23.0. The molecule has 7 heteroatoms. The van der Waals surface area contributed by atoms with E-state index in [4.69, 9.17) is 9.15 Å². The van der Waals surface area contributed by atoms with Crippen LogP contribution in [-0.4, -0.2) is 50.0 Å². The molecule has 2 aromatic carbocycles. The summed E-state index contributed by atoms with van der Waals surface area (Å²) in [6.07, 6.45) is 3.93. The van der Waals surface area contributed by atoms with Crippen LogP contribution < -0.4 is 15.0 Å². The molecule has 0 saturated carbocycles. The number of benzene rings is 2. The number of carbonyl (C=O) groups excluding carboxylic acids is 2. The van der Waals surface area contributed by atoms with Gasteiger partial charge in [0.15, 0.2) is 0 Å². The molecule has 1 saturated heterocycles. The average Bonchev–Trinajstić information content (AvgIpc) is 3.25. The van der Waals surface area contributed by atoms with Crippen molar-refractivity contribution < 1.29 is 18.7 Å². The topological polar surface area (TPSA) is 75.0 Å². The third-order valence-electron chi connectivity index (χ3n) is 5.57. The van der Waals surface area contributed by atoms with Crippen molar-refractivity contribution in [1.82, 2.24) is 10.2 Å². The normalized spacial score (nSPS) is 14.5. The van der Waals surface area contributed by atoms with Gasteiger partial charge in [0.2, 0.25) is 0 Å². The molecule has 4 rings (SSSR count). The molecule has 0 aliphatic carbocycles. The molecule has 0 unspecified atom stereocenters. The van der Waals surface area contributed by atoms with Gasteiger partial charge < -0.3 is 24.3 Å². The molecule has 2 amide bonds. The van der Waals surface area contributed by atoms with Gasteiger partial charge in [0.05, 0.1) is 13.4 Å². The van der Waals surface area contributed by atoms with Crippen LogP contribution in [0.25, 0.3) is 6.08 Å². The predicted molar refractivity (Wildman–Crippen MR) is 127 cm³/mol. The number of nitrogens with one attached hydrogen (secondary N) is 1. The summed E-state index contributed by atoms with van der Waals surface area (Å²) in [5, 5.41) is 2.79. The maximum Gasteiger partial charge on any atom is 0.270 e. The van der Waals surface area contributed by atoms with Crippen molar-refractivity contribution in [3.8, 4) is 5.75 Å². The fourth-order valence-corrected chi connectivity index (χ4v) is 3.79. The lowest BCUT2D eigenvalue weighted by atomic mass is 10.2. The number of nitrogens with zero attached hydrogens (tertiary/aromatic N) is 2. The lowest BCUT2D eigenvalue weighted by Gasteiger charge is -2.24. The first-order valence-corrected chi connectivity index (χ1v) is 10.9. The van der Waals surface area contributed by atoms with E-state index in [0.29, 0.717) is 31.0 Å². The van der Waals surface area contributed by atoms with Crippen LogP contribution in [0.2, 0.25) is 0 Å². The number of furan rings is 1. The van der Waals surface area contributed by atoms with Gasteiger partial charge in [0, 0.05) is 43.5 Å². The number of ether oxygens (including phenoxy) is 1. The maximum atomic E-state index is 13.4. The van der Waals surface area contributed by atoms with Gasteiger partial charge in [-0.05, 0) is 55.0 Å². The Morgan fingerprint density at radius 3 is 2.42 bits per heavy atom. The molecule has 0 bridgehead atoms. The van der Waals surface area contributed by atoms with E-state index in [1.54, 1.807) is 54.5 Å². The minimum Gasteiger partial charge on any atom is -0.497 e. The average molecular weight is 446 g/mol. The number of amides is 2. The Kier molecular flexibility index (Phi) is 7.09. The van der Waals surface area contributed by atoms with Crippen LogP contribution in [0.5, 0.6) is 5.75 Å². The first kappa shape index (κ1) is 22.2. The molecule has 33 heavy (non-hydrogen) atoms. The zero-order valence-corrected chi connectivity index (χ0v) is 18.6. The molecule has 1 fully saturated rings. The summed E-state index contributed by atoms with van der Waals surface area (Å²) in [6.45, 7) is 2.67.